The van der Waals surface area contributed by atoms with Crippen molar-refractivity contribution in [3.63, 3.8) is 0 Å². The van der Waals surface area contributed by atoms with Crippen LogP contribution in [-0.2, 0) is 11.3 Å². The molecule has 30 heavy (non-hydrogen) atoms. The second kappa shape index (κ2) is 9.23. The van der Waals surface area contributed by atoms with Gasteiger partial charge in [-0.2, -0.15) is 4.39 Å². The number of hydrogen-bond donors (Lipinski definition) is 1. The molecule has 1 heterocycles. The largest absolute Gasteiger partial charge is 0.325 e. The normalized spacial score (nSPS) is 11.9. The molecule has 0 bridgehead atoms. The second-order valence-corrected chi connectivity index (χ2v) is 7.97. The topological polar surface area (TPSA) is 103 Å². The van der Waals surface area contributed by atoms with Crippen LogP contribution in [0.4, 0.5) is 15.8 Å². The van der Waals surface area contributed by atoms with Crippen molar-refractivity contribution in [2.45, 2.75) is 30.8 Å². The van der Waals surface area contributed by atoms with Crippen molar-refractivity contribution in [2.75, 3.05) is 5.32 Å². The summed E-state index contributed by atoms with van der Waals surface area (Å²) in [6.07, 6.45) is 0. The Kier molecular flexibility index (Phi) is 6.68. The summed E-state index contributed by atoms with van der Waals surface area (Å²) in [5.74, 6) is -0.718. The monoisotopic (exact) mass is 449 g/mol. The molecule has 1 aromatic heterocycles. The summed E-state index contributed by atoms with van der Waals surface area (Å²) in [7, 11) is 0. The van der Waals surface area contributed by atoms with E-state index in [2.05, 4.69) is 15.5 Å². The van der Waals surface area contributed by atoms with Gasteiger partial charge in [-0.3, -0.25) is 14.9 Å². The van der Waals surface area contributed by atoms with Crippen LogP contribution in [0.3, 0.4) is 0 Å². The van der Waals surface area contributed by atoms with Crippen LogP contribution in [0.25, 0.3) is 11.4 Å². The highest BCUT2D eigenvalue weighted by Crippen LogP contribution is 2.28. The summed E-state index contributed by atoms with van der Waals surface area (Å²) in [5, 5.41) is 22.4. The first-order chi connectivity index (χ1) is 14.3. The zero-order valence-corrected chi connectivity index (χ0v) is 17.6. The fraction of sp³-hybridized carbons (Fsp3) is 0.211. The molecule has 0 saturated heterocycles. The minimum Gasteiger partial charge on any atom is -0.325 e. The highest BCUT2D eigenvalue weighted by atomic mass is 35.5. The Balaban J connectivity index is 1.75. The van der Waals surface area contributed by atoms with E-state index in [9.17, 15) is 19.3 Å². The van der Waals surface area contributed by atoms with E-state index < -0.39 is 27.6 Å². The van der Waals surface area contributed by atoms with Gasteiger partial charge in [0, 0.05) is 28.9 Å². The Hall–Kier alpha value is -2.98. The molecule has 11 heteroatoms. The van der Waals surface area contributed by atoms with Crippen LogP contribution < -0.4 is 5.32 Å². The number of carbonyl (C=O) groups is 1. The van der Waals surface area contributed by atoms with Crippen molar-refractivity contribution in [3.05, 3.63) is 63.4 Å². The first kappa shape index (κ1) is 21.7. The molecule has 2 aromatic carbocycles. The van der Waals surface area contributed by atoms with Gasteiger partial charge in [-0.25, -0.2) is 0 Å². The summed E-state index contributed by atoms with van der Waals surface area (Å²) >= 11 is 7.13. The maximum atomic E-state index is 13.5. The van der Waals surface area contributed by atoms with E-state index in [0.29, 0.717) is 22.5 Å². The first-order valence-corrected chi connectivity index (χ1v) is 10.2. The number of nitrogens with zero attached hydrogens (tertiary/aromatic N) is 4. The fourth-order valence-electron chi connectivity index (χ4n) is 2.66. The van der Waals surface area contributed by atoms with Gasteiger partial charge in [-0.1, -0.05) is 23.4 Å². The predicted molar refractivity (Wildman–Crippen MR) is 113 cm³/mol. The standard InChI is InChI=1S/C19H17ClFN5O3S/c1-3-25-17(12-4-6-13(20)7-5-12)23-24-19(25)30-11(2)18(27)22-14-8-9-15(21)16(10-14)26(28)29/h4-11H,3H2,1-2H3,(H,22,27). The van der Waals surface area contributed by atoms with Gasteiger partial charge in [-0.05, 0) is 50.2 Å². The lowest BCUT2D eigenvalue weighted by Gasteiger charge is -2.13. The lowest BCUT2D eigenvalue weighted by atomic mass is 10.2. The maximum absolute atomic E-state index is 13.5. The van der Waals surface area contributed by atoms with E-state index in [1.54, 1.807) is 19.1 Å². The smallest absolute Gasteiger partial charge is 0.306 e. The summed E-state index contributed by atoms with van der Waals surface area (Å²) < 4.78 is 15.3. The third-order valence-corrected chi connectivity index (χ3v) is 5.53. The van der Waals surface area contributed by atoms with Crippen molar-refractivity contribution < 1.29 is 14.1 Å². The van der Waals surface area contributed by atoms with Crippen LogP contribution >= 0.6 is 23.4 Å². The zero-order chi connectivity index (χ0) is 21.8. The van der Waals surface area contributed by atoms with E-state index in [0.717, 1.165) is 17.7 Å². The van der Waals surface area contributed by atoms with E-state index in [1.165, 1.54) is 17.8 Å². The molecule has 3 rings (SSSR count). The number of carbonyl (C=O) groups excluding carboxylic acids is 1. The van der Waals surface area contributed by atoms with Crippen LogP contribution in [0.5, 0.6) is 0 Å². The molecule has 0 spiro atoms. The third-order valence-electron chi connectivity index (χ3n) is 4.20. The Morgan fingerprint density at radius 1 is 1.30 bits per heavy atom. The van der Waals surface area contributed by atoms with Crippen molar-refractivity contribution in [3.8, 4) is 11.4 Å². The minimum atomic E-state index is -0.966. The number of benzene rings is 2. The summed E-state index contributed by atoms with van der Waals surface area (Å²) in [6, 6.07) is 10.4. The SMILES string of the molecule is CCn1c(SC(C)C(=O)Nc2ccc(F)c([N+](=O)[O-])c2)nnc1-c1ccc(Cl)cc1. The van der Waals surface area contributed by atoms with Crippen molar-refractivity contribution >= 4 is 40.6 Å². The second-order valence-electron chi connectivity index (χ2n) is 6.23. The molecule has 1 atom stereocenters. The third kappa shape index (κ3) is 4.77. The van der Waals surface area contributed by atoms with Gasteiger partial charge in [0.1, 0.15) is 0 Å². The number of nitro benzene ring substituents is 1. The summed E-state index contributed by atoms with van der Waals surface area (Å²) in [6.45, 7) is 4.20. The highest BCUT2D eigenvalue weighted by Gasteiger charge is 2.22. The van der Waals surface area contributed by atoms with Gasteiger partial charge in [-0.15, -0.1) is 10.2 Å². The molecular weight excluding hydrogens is 433 g/mol. The molecule has 156 valence electrons. The van der Waals surface area contributed by atoms with Crippen LogP contribution in [0.1, 0.15) is 13.8 Å². The van der Waals surface area contributed by atoms with E-state index in [-0.39, 0.29) is 5.69 Å². The van der Waals surface area contributed by atoms with Gasteiger partial charge in [0.15, 0.2) is 11.0 Å². The van der Waals surface area contributed by atoms with Gasteiger partial charge in [0.05, 0.1) is 10.2 Å². The van der Waals surface area contributed by atoms with Crippen LogP contribution in [0.2, 0.25) is 5.02 Å². The number of aromatic nitrogens is 3. The molecule has 0 fully saturated rings. The molecule has 8 nitrogen and oxygen atoms in total. The van der Waals surface area contributed by atoms with E-state index in [1.807, 2.05) is 23.6 Å². The Labute approximate surface area is 180 Å². The molecule has 1 amide bonds. The van der Waals surface area contributed by atoms with Gasteiger partial charge in [0.25, 0.3) is 0 Å². The van der Waals surface area contributed by atoms with E-state index in [4.69, 9.17) is 11.6 Å². The summed E-state index contributed by atoms with van der Waals surface area (Å²) in [4.78, 5) is 22.6. The Morgan fingerprint density at radius 2 is 2.00 bits per heavy atom. The number of rotatable bonds is 7. The molecule has 0 aliphatic rings. The number of amides is 1. The van der Waals surface area contributed by atoms with Crippen molar-refractivity contribution in [1.29, 1.82) is 0 Å². The number of nitro groups is 1. The number of nitrogens with one attached hydrogen (secondary N) is 1. The van der Waals surface area contributed by atoms with Gasteiger partial charge < -0.3 is 9.88 Å². The lowest BCUT2D eigenvalue weighted by Crippen LogP contribution is -2.23. The van der Waals surface area contributed by atoms with E-state index >= 15 is 0 Å². The van der Waals surface area contributed by atoms with Crippen LogP contribution in [-0.4, -0.2) is 30.8 Å². The zero-order valence-electron chi connectivity index (χ0n) is 16.0. The molecule has 3 aromatic rings. The van der Waals surface area contributed by atoms with Crippen LogP contribution in [0, 0.1) is 15.9 Å². The average molecular weight is 450 g/mol. The fourth-order valence-corrected chi connectivity index (χ4v) is 3.70. The predicted octanol–water partition coefficient (Wildman–Crippen LogP) is 4.79. The average Bonchev–Trinajstić information content (AvgIpc) is 3.12. The van der Waals surface area contributed by atoms with Gasteiger partial charge >= 0.3 is 5.69 Å². The lowest BCUT2D eigenvalue weighted by molar-refractivity contribution is -0.387. The highest BCUT2D eigenvalue weighted by molar-refractivity contribution is 8.00. The van der Waals surface area contributed by atoms with Crippen molar-refractivity contribution in [1.82, 2.24) is 14.8 Å². The Morgan fingerprint density at radius 3 is 2.63 bits per heavy atom. The molecule has 1 unspecified atom stereocenters. The molecule has 0 aliphatic heterocycles. The molecule has 0 saturated carbocycles. The number of hydrogen-bond acceptors (Lipinski definition) is 6. The molecule has 1 N–H and O–H groups in total. The molecular formula is C19H17ClFN5O3S. The van der Waals surface area contributed by atoms with Gasteiger partial charge in [0.2, 0.25) is 11.7 Å². The number of anilines is 1. The van der Waals surface area contributed by atoms with Crippen LogP contribution in [0.15, 0.2) is 47.6 Å². The quantitative estimate of drug-likeness (QED) is 0.316. The molecule has 0 aliphatic carbocycles. The van der Waals surface area contributed by atoms with Crippen molar-refractivity contribution in [2.24, 2.45) is 0 Å². The summed E-state index contributed by atoms with van der Waals surface area (Å²) in [5.41, 5.74) is 0.280. The number of halogens is 2. The maximum Gasteiger partial charge on any atom is 0.306 e. The Bertz CT molecular complexity index is 1090. The molecule has 0 radical (unpaired) electrons. The number of thioether (sulfide) groups is 1. The first-order valence-electron chi connectivity index (χ1n) is 8.90. The minimum absolute atomic E-state index is 0.138.